The summed E-state index contributed by atoms with van der Waals surface area (Å²) in [7, 11) is 1.86. The van der Waals surface area contributed by atoms with E-state index in [-0.39, 0.29) is 23.5 Å². The summed E-state index contributed by atoms with van der Waals surface area (Å²) in [5.74, 6) is 0.0504. The van der Waals surface area contributed by atoms with Crippen LogP contribution in [0.15, 0.2) is 0 Å². The summed E-state index contributed by atoms with van der Waals surface area (Å²) in [4.78, 5) is 14.5. The molecule has 0 aliphatic heterocycles. The zero-order valence-electron chi connectivity index (χ0n) is 13.3. The molecule has 2 N–H and O–H groups in total. The Kier molecular flexibility index (Phi) is 5.02. The van der Waals surface area contributed by atoms with Crippen LogP contribution in [-0.4, -0.2) is 42.1 Å². The van der Waals surface area contributed by atoms with Gasteiger partial charge >= 0.3 is 0 Å². The second kappa shape index (κ2) is 5.80. The Balaban J connectivity index is 2.77. The number of rotatable bonds is 6. The Hall–Kier alpha value is -0.610. The monoisotopic (exact) mass is 270 g/mol. The van der Waals surface area contributed by atoms with Crippen LogP contribution in [0, 0.1) is 5.41 Å². The van der Waals surface area contributed by atoms with Crippen LogP contribution in [0.1, 0.15) is 53.9 Å². The van der Waals surface area contributed by atoms with Gasteiger partial charge in [-0.05, 0) is 20.3 Å². The van der Waals surface area contributed by atoms with Crippen LogP contribution in [0.5, 0.6) is 0 Å². The molecular weight excluding hydrogens is 240 g/mol. The summed E-state index contributed by atoms with van der Waals surface area (Å²) in [6.45, 7) is 10.9. The van der Waals surface area contributed by atoms with Crippen molar-refractivity contribution < 1.29 is 9.53 Å². The van der Waals surface area contributed by atoms with Crippen LogP contribution in [0.4, 0.5) is 0 Å². The first-order valence-electron chi connectivity index (χ1n) is 7.40. The maximum Gasteiger partial charge on any atom is 0.243 e. The molecule has 1 aliphatic carbocycles. The highest BCUT2D eigenvalue weighted by Crippen LogP contribution is 2.50. The maximum atomic E-state index is 12.7. The van der Waals surface area contributed by atoms with Gasteiger partial charge in [0.05, 0.1) is 6.10 Å². The van der Waals surface area contributed by atoms with Gasteiger partial charge in [0.25, 0.3) is 0 Å². The van der Waals surface area contributed by atoms with Gasteiger partial charge in [-0.1, -0.05) is 27.2 Å². The Morgan fingerprint density at radius 2 is 2.05 bits per heavy atom. The van der Waals surface area contributed by atoms with Gasteiger partial charge in [-0.25, -0.2) is 0 Å². The van der Waals surface area contributed by atoms with Gasteiger partial charge in [-0.2, -0.15) is 0 Å². The Labute approximate surface area is 117 Å². The first-order chi connectivity index (χ1) is 8.72. The molecule has 0 aromatic heterocycles. The van der Waals surface area contributed by atoms with Crippen LogP contribution < -0.4 is 5.73 Å². The van der Waals surface area contributed by atoms with Gasteiger partial charge in [0.15, 0.2) is 0 Å². The predicted octanol–water partition coefficient (Wildman–Crippen LogP) is 2.17. The van der Waals surface area contributed by atoms with Crippen molar-refractivity contribution in [3.63, 3.8) is 0 Å². The topological polar surface area (TPSA) is 55.6 Å². The summed E-state index contributed by atoms with van der Waals surface area (Å²) in [6, 6.07) is 0.236. The van der Waals surface area contributed by atoms with E-state index >= 15 is 0 Å². The molecule has 4 heteroatoms. The van der Waals surface area contributed by atoms with Gasteiger partial charge in [0.1, 0.15) is 5.54 Å². The minimum atomic E-state index is -0.788. The van der Waals surface area contributed by atoms with Crippen LogP contribution in [0.2, 0.25) is 0 Å². The molecule has 0 aromatic carbocycles. The highest BCUT2D eigenvalue weighted by Gasteiger charge is 2.63. The SMILES string of the molecule is CCCC(C)N(C)C(=O)C1(N)CC(OCC)C1(C)C. The van der Waals surface area contributed by atoms with E-state index in [0.29, 0.717) is 13.0 Å². The lowest BCUT2D eigenvalue weighted by molar-refractivity contribution is -0.179. The molecule has 0 radical (unpaired) electrons. The smallest absolute Gasteiger partial charge is 0.243 e. The third-order valence-electron chi connectivity index (χ3n) is 4.90. The lowest BCUT2D eigenvalue weighted by Gasteiger charge is -2.58. The number of hydrogen-bond acceptors (Lipinski definition) is 3. The molecule has 0 saturated heterocycles. The van der Waals surface area contributed by atoms with Crippen LogP contribution >= 0.6 is 0 Å². The first kappa shape index (κ1) is 16.4. The molecule has 1 aliphatic rings. The lowest BCUT2D eigenvalue weighted by Crippen LogP contribution is -2.76. The molecule has 112 valence electrons. The molecule has 1 rings (SSSR count). The molecule has 3 unspecified atom stereocenters. The Morgan fingerprint density at radius 1 is 1.47 bits per heavy atom. The van der Waals surface area contributed by atoms with E-state index in [0.717, 1.165) is 12.8 Å². The zero-order valence-corrected chi connectivity index (χ0v) is 13.3. The third-order valence-corrected chi connectivity index (χ3v) is 4.90. The largest absolute Gasteiger partial charge is 0.378 e. The average molecular weight is 270 g/mol. The average Bonchev–Trinajstić information content (AvgIpc) is 2.36. The summed E-state index contributed by atoms with van der Waals surface area (Å²) < 4.78 is 5.68. The minimum Gasteiger partial charge on any atom is -0.378 e. The van der Waals surface area contributed by atoms with Crippen molar-refractivity contribution >= 4 is 5.91 Å². The van der Waals surface area contributed by atoms with Gasteiger partial charge in [0.2, 0.25) is 5.91 Å². The number of ether oxygens (including phenoxy) is 1. The first-order valence-corrected chi connectivity index (χ1v) is 7.40. The fraction of sp³-hybridized carbons (Fsp3) is 0.933. The number of hydrogen-bond donors (Lipinski definition) is 1. The summed E-state index contributed by atoms with van der Waals surface area (Å²) >= 11 is 0. The maximum absolute atomic E-state index is 12.7. The molecule has 1 fully saturated rings. The van der Waals surface area contributed by atoms with Crippen molar-refractivity contribution in [1.29, 1.82) is 0 Å². The number of nitrogens with zero attached hydrogens (tertiary/aromatic N) is 1. The van der Waals surface area contributed by atoms with Crippen molar-refractivity contribution in [3.05, 3.63) is 0 Å². The Morgan fingerprint density at radius 3 is 2.47 bits per heavy atom. The molecule has 1 amide bonds. The lowest BCUT2D eigenvalue weighted by atomic mass is 9.54. The van der Waals surface area contributed by atoms with Crippen LogP contribution in [-0.2, 0) is 9.53 Å². The molecule has 0 bridgehead atoms. The summed E-state index contributed by atoms with van der Waals surface area (Å²) in [6.07, 6.45) is 2.78. The van der Waals surface area contributed by atoms with E-state index in [1.807, 2.05) is 32.7 Å². The van der Waals surface area contributed by atoms with Crippen LogP contribution in [0.25, 0.3) is 0 Å². The van der Waals surface area contributed by atoms with Crippen molar-refractivity contribution in [2.75, 3.05) is 13.7 Å². The van der Waals surface area contributed by atoms with E-state index in [4.69, 9.17) is 10.5 Å². The molecule has 1 saturated carbocycles. The molecule has 0 spiro atoms. The molecule has 3 atom stereocenters. The van der Waals surface area contributed by atoms with Crippen molar-refractivity contribution in [2.24, 2.45) is 11.1 Å². The fourth-order valence-corrected chi connectivity index (χ4v) is 2.92. The van der Waals surface area contributed by atoms with Crippen molar-refractivity contribution in [3.8, 4) is 0 Å². The van der Waals surface area contributed by atoms with Gasteiger partial charge in [-0.3, -0.25) is 4.79 Å². The van der Waals surface area contributed by atoms with Crippen molar-refractivity contribution in [2.45, 2.75) is 71.6 Å². The molecule has 19 heavy (non-hydrogen) atoms. The normalized spacial score (nSPS) is 30.6. The predicted molar refractivity (Wildman–Crippen MR) is 77.9 cm³/mol. The summed E-state index contributed by atoms with van der Waals surface area (Å²) in [5, 5.41) is 0. The van der Waals surface area contributed by atoms with Crippen molar-refractivity contribution in [1.82, 2.24) is 4.90 Å². The molecule has 4 nitrogen and oxygen atoms in total. The quantitative estimate of drug-likeness (QED) is 0.804. The second-order valence-electron chi connectivity index (χ2n) is 6.39. The van der Waals surface area contributed by atoms with E-state index in [1.165, 1.54) is 0 Å². The second-order valence-corrected chi connectivity index (χ2v) is 6.39. The third kappa shape index (κ3) is 2.65. The van der Waals surface area contributed by atoms with Gasteiger partial charge in [-0.15, -0.1) is 0 Å². The number of nitrogens with two attached hydrogens (primary N) is 1. The summed E-state index contributed by atoms with van der Waals surface area (Å²) in [5.41, 5.74) is 5.32. The van der Waals surface area contributed by atoms with E-state index < -0.39 is 5.54 Å². The number of carbonyl (C=O) groups is 1. The number of carbonyl (C=O) groups excluding carboxylic acids is 1. The highest BCUT2D eigenvalue weighted by atomic mass is 16.5. The van der Waals surface area contributed by atoms with E-state index in [9.17, 15) is 4.79 Å². The van der Waals surface area contributed by atoms with Gasteiger partial charge in [0, 0.05) is 31.5 Å². The zero-order chi connectivity index (χ0) is 14.8. The Bertz CT molecular complexity index is 330. The number of likely N-dealkylation sites (N-methyl/N-ethyl adjacent to an activating group) is 1. The number of amides is 1. The van der Waals surface area contributed by atoms with Gasteiger partial charge < -0.3 is 15.4 Å². The fourth-order valence-electron chi connectivity index (χ4n) is 2.92. The van der Waals surface area contributed by atoms with E-state index in [2.05, 4.69) is 13.8 Å². The minimum absolute atomic E-state index is 0.0504. The van der Waals surface area contributed by atoms with Crippen LogP contribution in [0.3, 0.4) is 0 Å². The molecule has 0 heterocycles. The standard InChI is InChI=1S/C15H30N2O2/c1-7-9-11(3)17(6)13(18)15(16)10-12(19-8-2)14(15,4)5/h11-12H,7-10,16H2,1-6H3. The highest BCUT2D eigenvalue weighted by molar-refractivity contribution is 5.89. The molecule has 0 aromatic rings. The molecular formula is C15H30N2O2. The van der Waals surface area contributed by atoms with E-state index in [1.54, 1.807) is 0 Å².